The molecule has 0 radical (unpaired) electrons. The van der Waals surface area contributed by atoms with Crippen LogP contribution in [0.5, 0.6) is 5.75 Å². The molecule has 4 nitrogen and oxygen atoms in total. The highest BCUT2D eigenvalue weighted by molar-refractivity contribution is 9.10. The maximum atomic E-state index is 5.56. The molecule has 1 heterocycles. The number of methoxy groups -OCH3 is 1. The molecule has 0 spiro atoms. The van der Waals surface area contributed by atoms with Gasteiger partial charge in [0.1, 0.15) is 17.6 Å². The smallest absolute Gasteiger partial charge is 0.133 e. The van der Waals surface area contributed by atoms with Crippen LogP contribution in [0, 0.1) is 0 Å². The van der Waals surface area contributed by atoms with E-state index in [1.807, 2.05) is 30.3 Å². The van der Waals surface area contributed by atoms with Crippen molar-refractivity contribution in [2.24, 2.45) is 5.84 Å². The monoisotopic (exact) mass is 296 g/mol. The highest BCUT2D eigenvalue weighted by Crippen LogP contribution is 2.30. The summed E-state index contributed by atoms with van der Waals surface area (Å²) >= 11 is 3.44. The van der Waals surface area contributed by atoms with Gasteiger partial charge in [-0.3, -0.25) is 5.84 Å². The van der Waals surface area contributed by atoms with Crippen LogP contribution in [-0.4, -0.2) is 7.11 Å². The van der Waals surface area contributed by atoms with Crippen molar-refractivity contribution in [1.29, 1.82) is 0 Å². The first-order valence-electron chi connectivity index (χ1n) is 5.09. The molecule has 0 aliphatic rings. The maximum Gasteiger partial charge on any atom is 0.133 e. The SMILES string of the molecule is COc1ccc(C(NN)c2ccco2)cc1Br. The van der Waals surface area contributed by atoms with E-state index in [1.165, 1.54) is 0 Å². The minimum Gasteiger partial charge on any atom is -0.496 e. The number of nitrogens with two attached hydrogens (primary N) is 1. The maximum absolute atomic E-state index is 5.56. The lowest BCUT2D eigenvalue weighted by Crippen LogP contribution is -2.28. The lowest BCUT2D eigenvalue weighted by atomic mass is 10.1. The van der Waals surface area contributed by atoms with Gasteiger partial charge in [-0.1, -0.05) is 6.07 Å². The molecule has 17 heavy (non-hydrogen) atoms. The summed E-state index contributed by atoms with van der Waals surface area (Å²) in [7, 11) is 1.63. The third-order valence-electron chi connectivity index (χ3n) is 2.50. The van der Waals surface area contributed by atoms with E-state index in [2.05, 4.69) is 21.4 Å². The van der Waals surface area contributed by atoms with Crippen molar-refractivity contribution in [1.82, 2.24) is 5.43 Å². The largest absolute Gasteiger partial charge is 0.496 e. The number of benzene rings is 1. The predicted octanol–water partition coefficient (Wildman–Crippen LogP) is 2.60. The van der Waals surface area contributed by atoms with Crippen molar-refractivity contribution < 1.29 is 9.15 Å². The van der Waals surface area contributed by atoms with Crippen LogP contribution in [0.2, 0.25) is 0 Å². The minimum atomic E-state index is -0.174. The molecule has 1 atom stereocenters. The Balaban J connectivity index is 2.35. The van der Waals surface area contributed by atoms with E-state index in [0.29, 0.717) is 0 Å². The Kier molecular flexibility index (Phi) is 3.83. The molecule has 0 aliphatic carbocycles. The van der Waals surface area contributed by atoms with Crippen molar-refractivity contribution in [3.63, 3.8) is 0 Å². The Morgan fingerprint density at radius 1 is 1.41 bits per heavy atom. The molecule has 2 rings (SSSR count). The van der Waals surface area contributed by atoms with Crippen LogP contribution in [0.25, 0.3) is 0 Å². The molecule has 3 N–H and O–H groups in total. The van der Waals surface area contributed by atoms with E-state index in [9.17, 15) is 0 Å². The molecule has 1 aromatic carbocycles. The summed E-state index contributed by atoms with van der Waals surface area (Å²) in [5.41, 5.74) is 3.73. The Hall–Kier alpha value is -1.30. The number of halogens is 1. The van der Waals surface area contributed by atoms with Crippen molar-refractivity contribution in [3.8, 4) is 5.75 Å². The number of furan rings is 1. The molecule has 2 aromatic rings. The van der Waals surface area contributed by atoms with Gasteiger partial charge in [0.2, 0.25) is 0 Å². The van der Waals surface area contributed by atoms with E-state index in [4.69, 9.17) is 15.0 Å². The van der Waals surface area contributed by atoms with E-state index >= 15 is 0 Å². The molecule has 0 bridgehead atoms. The molecule has 0 amide bonds. The lowest BCUT2D eigenvalue weighted by molar-refractivity contribution is 0.411. The van der Waals surface area contributed by atoms with E-state index in [0.717, 1.165) is 21.5 Å². The van der Waals surface area contributed by atoms with Crippen molar-refractivity contribution in [2.75, 3.05) is 7.11 Å². The normalized spacial score (nSPS) is 12.4. The van der Waals surface area contributed by atoms with E-state index < -0.39 is 0 Å². The lowest BCUT2D eigenvalue weighted by Gasteiger charge is -2.15. The zero-order valence-electron chi connectivity index (χ0n) is 9.31. The molecule has 0 fully saturated rings. The first kappa shape index (κ1) is 12.2. The quantitative estimate of drug-likeness (QED) is 0.672. The minimum absolute atomic E-state index is 0.174. The van der Waals surface area contributed by atoms with Crippen molar-refractivity contribution >= 4 is 15.9 Å². The van der Waals surface area contributed by atoms with Crippen LogP contribution in [0.4, 0.5) is 0 Å². The Bertz CT molecular complexity index is 485. The molecule has 1 aromatic heterocycles. The number of ether oxygens (including phenoxy) is 1. The summed E-state index contributed by atoms with van der Waals surface area (Å²) < 4.78 is 11.4. The third kappa shape index (κ3) is 2.52. The predicted molar refractivity (Wildman–Crippen MR) is 68.6 cm³/mol. The Labute approximate surface area is 108 Å². The first-order chi connectivity index (χ1) is 8.26. The second kappa shape index (κ2) is 5.35. The van der Waals surface area contributed by atoms with Crippen molar-refractivity contribution in [3.05, 3.63) is 52.4 Å². The zero-order valence-corrected chi connectivity index (χ0v) is 10.9. The van der Waals surface area contributed by atoms with Gasteiger partial charge in [-0.2, -0.15) is 0 Å². The van der Waals surface area contributed by atoms with Gasteiger partial charge >= 0.3 is 0 Å². The fourth-order valence-corrected chi connectivity index (χ4v) is 2.22. The molecule has 0 aliphatic heterocycles. The van der Waals surface area contributed by atoms with Crippen LogP contribution in [-0.2, 0) is 0 Å². The topological polar surface area (TPSA) is 60.4 Å². The fraction of sp³-hybridized carbons (Fsp3) is 0.167. The number of hydrogen-bond acceptors (Lipinski definition) is 4. The molecular formula is C12H13BrN2O2. The van der Waals surface area contributed by atoms with Crippen molar-refractivity contribution in [2.45, 2.75) is 6.04 Å². The first-order valence-corrected chi connectivity index (χ1v) is 5.88. The van der Waals surface area contributed by atoms with E-state index in [1.54, 1.807) is 13.4 Å². The van der Waals surface area contributed by atoms with Crippen LogP contribution in [0.3, 0.4) is 0 Å². The number of nitrogens with one attached hydrogen (secondary N) is 1. The van der Waals surface area contributed by atoms with Gasteiger partial charge in [-0.25, -0.2) is 5.43 Å². The molecule has 90 valence electrons. The second-order valence-corrected chi connectivity index (χ2v) is 4.36. The van der Waals surface area contributed by atoms with Crippen LogP contribution in [0.15, 0.2) is 45.5 Å². The second-order valence-electron chi connectivity index (χ2n) is 3.51. The number of rotatable bonds is 4. The van der Waals surface area contributed by atoms with Crippen LogP contribution in [0.1, 0.15) is 17.4 Å². The van der Waals surface area contributed by atoms with Gasteiger partial charge in [-0.15, -0.1) is 0 Å². The van der Waals surface area contributed by atoms with Crippen LogP contribution < -0.4 is 16.0 Å². The Morgan fingerprint density at radius 2 is 2.24 bits per heavy atom. The van der Waals surface area contributed by atoms with Gasteiger partial charge in [0, 0.05) is 0 Å². The summed E-state index contributed by atoms with van der Waals surface area (Å²) in [5, 5.41) is 0. The summed E-state index contributed by atoms with van der Waals surface area (Å²) in [6.45, 7) is 0. The highest BCUT2D eigenvalue weighted by atomic mass is 79.9. The highest BCUT2D eigenvalue weighted by Gasteiger charge is 2.16. The molecular weight excluding hydrogens is 284 g/mol. The van der Waals surface area contributed by atoms with Gasteiger partial charge in [0.15, 0.2) is 0 Å². The summed E-state index contributed by atoms with van der Waals surface area (Å²) in [6, 6.07) is 9.31. The Morgan fingerprint density at radius 3 is 2.76 bits per heavy atom. The summed E-state index contributed by atoms with van der Waals surface area (Å²) in [5.74, 6) is 7.11. The molecule has 0 saturated carbocycles. The average molecular weight is 297 g/mol. The third-order valence-corrected chi connectivity index (χ3v) is 3.12. The molecule has 5 heteroatoms. The summed E-state index contributed by atoms with van der Waals surface area (Å²) in [4.78, 5) is 0. The number of hydrazine groups is 1. The molecule has 0 saturated heterocycles. The van der Waals surface area contributed by atoms with Gasteiger partial charge in [0.05, 0.1) is 17.8 Å². The standard InChI is InChI=1S/C12H13BrN2O2/c1-16-10-5-4-8(7-9(10)13)12(15-14)11-3-2-6-17-11/h2-7,12,15H,14H2,1H3. The van der Waals surface area contributed by atoms with Gasteiger partial charge in [-0.05, 0) is 45.8 Å². The van der Waals surface area contributed by atoms with Crippen LogP contribution >= 0.6 is 15.9 Å². The molecule has 1 unspecified atom stereocenters. The average Bonchev–Trinajstić information content (AvgIpc) is 2.84. The van der Waals surface area contributed by atoms with Gasteiger partial charge in [0.25, 0.3) is 0 Å². The zero-order chi connectivity index (χ0) is 12.3. The number of hydrogen-bond donors (Lipinski definition) is 2. The summed E-state index contributed by atoms with van der Waals surface area (Å²) in [6.07, 6.45) is 1.62. The van der Waals surface area contributed by atoms with Gasteiger partial charge < -0.3 is 9.15 Å². The fourth-order valence-electron chi connectivity index (χ4n) is 1.66. The van der Waals surface area contributed by atoms with E-state index in [-0.39, 0.29) is 6.04 Å².